The van der Waals surface area contributed by atoms with E-state index in [0.29, 0.717) is 18.0 Å². The summed E-state index contributed by atoms with van der Waals surface area (Å²) in [6.07, 6.45) is 0.545. The highest BCUT2D eigenvalue weighted by Gasteiger charge is 2.24. The molecule has 0 spiro atoms. The SMILES string of the molecule is CCCS(=O)(=O)c1c(N)nsc1NCc1cscn1. The van der Waals surface area contributed by atoms with Crippen LogP contribution in [0.15, 0.2) is 15.8 Å². The molecule has 0 aromatic carbocycles. The van der Waals surface area contributed by atoms with Gasteiger partial charge in [0.2, 0.25) is 0 Å². The standard InChI is InChI=1S/C10H14N4O2S3/c1-2-3-19(15,16)8-9(11)14-18-10(8)12-4-7-5-17-6-13-7/h5-6,12H,2-4H2,1H3,(H2,11,14). The lowest BCUT2D eigenvalue weighted by Crippen LogP contribution is -2.10. The van der Waals surface area contributed by atoms with Gasteiger partial charge in [-0.2, -0.15) is 4.37 Å². The summed E-state index contributed by atoms with van der Waals surface area (Å²) in [7, 11) is -3.38. The molecule has 0 atom stereocenters. The molecule has 0 bridgehead atoms. The molecule has 0 unspecified atom stereocenters. The number of sulfone groups is 1. The molecule has 2 aromatic heterocycles. The summed E-state index contributed by atoms with van der Waals surface area (Å²) in [6, 6.07) is 0. The van der Waals surface area contributed by atoms with Crippen molar-refractivity contribution in [1.82, 2.24) is 9.36 Å². The topological polar surface area (TPSA) is 98.0 Å². The molecule has 0 saturated carbocycles. The third-order valence-electron chi connectivity index (χ3n) is 2.37. The van der Waals surface area contributed by atoms with Gasteiger partial charge in [-0.1, -0.05) is 6.92 Å². The van der Waals surface area contributed by atoms with E-state index in [1.54, 1.807) is 5.51 Å². The highest BCUT2D eigenvalue weighted by atomic mass is 32.2. The molecule has 19 heavy (non-hydrogen) atoms. The van der Waals surface area contributed by atoms with Crippen molar-refractivity contribution >= 4 is 43.5 Å². The number of hydrogen-bond donors (Lipinski definition) is 2. The minimum absolute atomic E-state index is 0.0687. The number of anilines is 2. The molecule has 0 saturated heterocycles. The molecule has 6 nitrogen and oxygen atoms in total. The third-order valence-corrected chi connectivity index (χ3v) is 5.94. The molecule has 2 heterocycles. The lowest BCUT2D eigenvalue weighted by Gasteiger charge is -2.06. The van der Waals surface area contributed by atoms with Gasteiger partial charge < -0.3 is 11.1 Å². The fourth-order valence-corrected chi connectivity index (χ4v) is 4.75. The van der Waals surface area contributed by atoms with E-state index in [9.17, 15) is 8.42 Å². The molecule has 2 rings (SSSR count). The van der Waals surface area contributed by atoms with Crippen LogP contribution in [0.3, 0.4) is 0 Å². The summed E-state index contributed by atoms with van der Waals surface area (Å²) in [5, 5.41) is 5.43. The number of nitrogens with one attached hydrogen (secondary N) is 1. The first-order chi connectivity index (χ1) is 9.04. The molecule has 0 aliphatic rings. The van der Waals surface area contributed by atoms with E-state index >= 15 is 0 Å². The molecule has 0 fully saturated rings. The van der Waals surface area contributed by atoms with Crippen LogP contribution in [-0.2, 0) is 16.4 Å². The van der Waals surface area contributed by atoms with E-state index in [1.807, 2.05) is 12.3 Å². The highest BCUT2D eigenvalue weighted by molar-refractivity contribution is 7.91. The van der Waals surface area contributed by atoms with Crippen molar-refractivity contribution < 1.29 is 8.42 Å². The zero-order valence-corrected chi connectivity index (χ0v) is 12.7. The molecule has 9 heteroatoms. The van der Waals surface area contributed by atoms with Crippen LogP contribution in [0.5, 0.6) is 0 Å². The fourth-order valence-electron chi connectivity index (χ4n) is 1.57. The number of rotatable bonds is 6. The zero-order chi connectivity index (χ0) is 13.9. The minimum atomic E-state index is -3.38. The van der Waals surface area contributed by atoms with Gasteiger partial charge in [0.1, 0.15) is 9.90 Å². The summed E-state index contributed by atoms with van der Waals surface area (Å²) in [5.74, 6) is 0.139. The van der Waals surface area contributed by atoms with E-state index in [4.69, 9.17) is 5.73 Å². The summed E-state index contributed by atoms with van der Waals surface area (Å²) in [4.78, 5) is 4.25. The van der Waals surface area contributed by atoms with Crippen molar-refractivity contribution in [3.05, 3.63) is 16.6 Å². The number of nitrogens with two attached hydrogens (primary N) is 1. The van der Waals surface area contributed by atoms with Gasteiger partial charge in [0.25, 0.3) is 0 Å². The average molecular weight is 318 g/mol. The molecule has 0 amide bonds. The van der Waals surface area contributed by atoms with Crippen molar-refractivity contribution in [1.29, 1.82) is 0 Å². The number of thiazole rings is 1. The fraction of sp³-hybridized carbons (Fsp3) is 0.400. The average Bonchev–Trinajstić information content (AvgIpc) is 2.95. The Bertz CT molecular complexity index is 634. The van der Waals surface area contributed by atoms with Crippen LogP contribution in [0.4, 0.5) is 10.8 Å². The Labute approximate surface area is 119 Å². The highest BCUT2D eigenvalue weighted by Crippen LogP contribution is 2.32. The molecular formula is C10H14N4O2S3. The predicted molar refractivity (Wildman–Crippen MR) is 78.3 cm³/mol. The first kappa shape index (κ1) is 14.2. The van der Waals surface area contributed by atoms with Crippen molar-refractivity contribution in [2.75, 3.05) is 16.8 Å². The van der Waals surface area contributed by atoms with Gasteiger partial charge in [0.15, 0.2) is 15.7 Å². The lowest BCUT2D eigenvalue weighted by atomic mass is 10.5. The van der Waals surface area contributed by atoms with Crippen LogP contribution < -0.4 is 11.1 Å². The van der Waals surface area contributed by atoms with E-state index in [1.165, 1.54) is 11.3 Å². The Balaban J connectivity index is 2.22. The number of hydrogen-bond acceptors (Lipinski definition) is 8. The van der Waals surface area contributed by atoms with Gasteiger partial charge in [0.05, 0.1) is 23.5 Å². The molecule has 0 aliphatic carbocycles. The molecule has 0 aliphatic heterocycles. The lowest BCUT2D eigenvalue weighted by molar-refractivity contribution is 0.595. The molecule has 104 valence electrons. The quantitative estimate of drug-likeness (QED) is 0.845. The van der Waals surface area contributed by atoms with Gasteiger partial charge in [-0.05, 0) is 18.0 Å². The molecule has 3 N–H and O–H groups in total. The van der Waals surface area contributed by atoms with Crippen LogP contribution in [-0.4, -0.2) is 23.5 Å². The molecular weight excluding hydrogens is 304 g/mol. The monoisotopic (exact) mass is 318 g/mol. The van der Waals surface area contributed by atoms with Gasteiger partial charge in [-0.3, -0.25) is 0 Å². The second-order valence-corrected chi connectivity index (χ2v) is 7.42. The van der Waals surface area contributed by atoms with Crippen LogP contribution in [0.2, 0.25) is 0 Å². The number of nitrogens with zero attached hydrogens (tertiary/aromatic N) is 2. The maximum absolute atomic E-state index is 12.1. The number of nitrogen functional groups attached to an aromatic ring is 1. The first-order valence-electron chi connectivity index (χ1n) is 5.63. The summed E-state index contributed by atoms with van der Waals surface area (Å²) in [5.41, 5.74) is 8.26. The largest absolute Gasteiger partial charge is 0.382 e. The Morgan fingerprint density at radius 3 is 2.89 bits per heavy atom. The van der Waals surface area contributed by atoms with E-state index in [-0.39, 0.29) is 16.5 Å². The van der Waals surface area contributed by atoms with E-state index in [2.05, 4.69) is 14.7 Å². The van der Waals surface area contributed by atoms with Gasteiger partial charge in [-0.25, -0.2) is 13.4 Å². The Morgan fingerprint density at radius 1 is 1.47 bits per heavy atom. The van der Waals surface area contributed by atoms with Crippen LogP contribution >= 0.6 is 22.9 Å². The van der Waals surface area contributed by atoms with Gasteiger partial charge in [-0.15, -0.1) is 11.3 Å². The second-order valence-electron chi connectivity index (χ2n) is 3.88. The van der Waals surface area contributed by atoms with Crippen molar-refractivity contribution in [2.24, 2.45) is 0 Å². The van der Waals surface area contributed by atoms with Crippen LogP contribution in [0.25, 0.3) is 0 Å². The Hall–Kier alpha value is -1.19. The van der Waals surface area contributed by atoms with Crippen LogP contribution in [0, 0.1) is 0 Å². The van der Waals surface area contributed by atoms with Crippen molar-refractivity contribution in [3.63, 3.8) is 0 Å². The number of aromatic nitrogens is 2. The maximum atomic E-state index is 12.1. The summed E-state index contributed by atoms with van der Waals surface area (Å²) < 4.78 is 28.2. The van der Waals surface area contributed by atoms with Crippen LogP contribution in [0.1, 0.15) is 19.0 Å². The second kappa shape index (κ2) is 5.85. The van der Waals surface area contributed by atoms with Crippen molar-refractivity contribution in [3.8, 4) is 0 Å². The van der Waals surface area contributed by atoms with Gasteiger partial charge in [0, 0.05) is 5.38 Å². The molecule has 0 radical (unpaired) electrons. The van der Waals surface area contributed by atoms with Gasteiger partial charge >= 0.3 is 0 Å². The predicted octanol–water partition coefficient (Wildman–Crippen LogP) is 1.98. The Morgan fingerprint density at radius 2 is 2.26 bits per heavy atom. The summed E-state index contributed by atoms with van der Waals surface area (Å²) >= 11 is 2.55. The maximum Gasteiger partial charge on any atom is 0.185 e. The zero-order valence-electron chi connectivity index (χ0n) is 10.3. The Kier molecular flexibility index (Phi) is 4.38. The van der Waals surface area contributed by atoms with E-state index in [0.717, 1.165) is 17.2 Å². The smallest absolute Gasteiger partial charge is 0.185 e. The van der Waals surface area contributed by atoms with Crippen molar-refractivity contribution in [2.45, 2.75) is 24.8 Å². The summed E-state index contributed by atoms with van der Waals surface area (Å²) in [6.45, 7) is 2.27. The molecule has 2 aromatic rings. The normalized spacial score (nSPS) is 11.6. The third kappa shape index (κ3) is 3.23. The van der Waals surface area contributed by atoms with E-state index < -0.39 is 9.84 Å². The minimum Gasteiger partial charge on any atom is -0.382 e. The first-order valence-corrected chi connectivity index (χ1v) is 9.00.